The van der Waals surface area contributed by atoms with Crippen LogP contribution in [0.3, 0.4) is 0 Å². The van der Waals surface area contributed by atoms with Crippen LogP contribution in [0.1, 0.15) is 5.56 Å². The van der Waals surface area contributed by atoms with Gasteiger partial charge in [-0.25, -0.2) is 18.1 Å². The molecule has 1 aromatic carbocycles. The molecule has 0 aliphatic rings. The Morgan fingerprint density at radius 2 is 1.95 bits per heavy atom. The van der Waals surface area contributed by atoms with Crippen molar-refractivity contribution in [1.29, 1.82) is 0 Å². The van der Waals surface area contributed by atoms with Gasteiger partial charge in [0.05, 0.1) is 11.4 Å². The first-order chi connectivity index (χ1) is 9.58. The van der Waals surface area contributed by atoms with Crippen LogP contribution in [0.2, 0.25) is 0 Å². The zero-order chi connectivity index (χ0) is 14.4. The molecule has 7 heteroatoms. The van der Waals surface area contributed by atoms with Crippen LogP contribution in [0.15, 0.2) is 64.7 Å². The van der Waals surface area contributed by atoms with E-state index < -0.39 is 10.0 Å². The lowest BCUT2D eigenvalue weighted by atomic mass is 10.3. The average molecular weight is 290 g/mol. The minimum Gasteiger partial charge on any atom is -0.369 e. The van der Waals surface area contributed by atoms with Crippen LogP contribution >= 0.6 is 0 Å². The molecule has 0 saturated carbocycles. The second kappa shape index (κ2) is 6.16. The fourth-order valence-electron chi connectivity index (χ4n) is 1.50. The fraction of sp³-hybridized carbons (Fsp3) is 0.0769. The number of aliphatic imine (C=N–C) groups is 1. The molecule has 20 heavy (non-hydrogen) atoms. The van der Waals surface area contributed by atoms with E-state index in [1.165, 1.54) is 12.1 Å². The number of aromatic nitrogens is 1. The first-order valence-corrected chi connectivity index (χ1v) is 7.33. The highest BCUT2D eigenvalue weighted by Crippen LogP contribution is 2.06. The van der Waals surface area contributed by atoms with Gasteiger partial charge in [0.1, 0.15) is 0 Å². The summed E-state index contributed by atoms with van der Waals surface area (Å²) in [4.78, 5) is 8.04. The summed E-state index contributed by atoms with van der Waals surface area (Å²) in [5.74, 6) is -0.155. The lowest BCUT2D eigenvalue weighted by Crippen LogP contribution is -2.36. The summed E-state index contributed by atoms with van der Waals surface area (Å²) < 4.78 is 26.2. The number of hydrogen-bond acceptors (Lipinski definition) is 4. The predicted molar refractivity (Wildman–Crippen MR) is 76.3 cm³/mol. The van der Waals surface area contributed by atoms with Crippen LogP contribution in [0.4, 0.5) is 0 Å². The molecular weight excluding hydrogens is 276 g/mol. The number of guanidine groups is 1. The average Bonchev–Trinajstić information content (AvgIpc) is 2.47. The van der Waals surface area contributed by atoms with Crippen LogP contribution < -0.4 is 10.5 Å². The molecule has 1 heterocycles. The number of rotatable bonds is 4. The van der Waals surface area contributed by atoms with Crippen molar-refractivity contribution in [3.63, 3.8) is 0 Å². The maximum absolute atomic E-state index is 12.0. The minimum absolute atomic E-state index is 0.138. The van der Waals surface area contributed by atoms with Gasteiger partial charge >= 0.3 is 0 Å². The van der Waals surface area contributed by atoms with E-state index in [1.807, 2.05) is 6.07 Å². The van der Waals surface area contributed by atoms with E-state index >= 15 is 0 Å². The Hall–Kier alpha value is -2.41. The van der Waals surface area contributed by atoms with E-state index in [1.54, 1.807) is 36.7 Å². The Bertz CT molecular complexity index is 685. The lowest BCUT2D eigenvalue weighted by Gasteiger charge is -2.07. The first kappa shape index (κ1) is 14.0. The summed E-state index contributed by atoms with van der Waals surface area (Å²) in [6.45, 7) is 0.261. The standard InChI is InChI=1S/C13H14N4O2S/c14-13(16-10-11-5-4-8-15-9-11)17-20(18,19)12-6-2-1-3-7-12/h1-9H,10H2,(H3,14,16,17). The molecule has 2 aromatic rings. The number of benzene rings is 1. The fourth-order valence-corrected chi connectivity index (χ4v) is 2.47. The Kier molecular flexibility index (Phi) is 4.31. The van der Waals surface area contributed by atoms with Crippen molar-refractivity contribution >= 4 is 16.0 Å². The second-order valence-electron chi connectivity index (χ2n) is 3.98. The highest BCUT2D eigenvalue weighted by atomic mass is 32.2. The Balaban J connectivity index is 2.06. The molecule has 0 spiro atoms. The maximum atomic E-state index is 12.0. The van der Waals surface area contributed by atoms with E-state index in [-0.39, 0.29) is 17.4 Å². The lowest BCUT2D eigenvalue weighted by molar-refractivity contribution is 0.592. The summed E-state index contributed by atoms with van der Waals surface area (Å²) >= 11 is 0. The van der Waals surface area contributed by atoms with E-state index in [0.29, 0.717) is 0 Å². The SMILES string of the molecule is NC(=NCc1cccnc1)NS(=O)(=O)c1ccccc1. The highest BCUT2D eigenvalue weighted by Gasteiger charge is 2.13. The van der Waals surface area contributed by atoms with Crippen molar-refractivity contribution in [3.8, 4) is 0 Å². The first-order valence-electron chi connectivity index (χ1n) is 5.84. The molecule has 0 aliphatic carbocycles. The van der Waals surface area contributed by atoms with Gasteiger partial charge in [-0.2, -0.15) is 0 Å². The Labute approximate surface area is 117 Å². The van der Waals surface area contributed by atoms with Crippen molar-refractivity contribution in [1.82, 2.24) is 9.71 Å². The molecule has 3 N–H and O–H groups in total. The largest absolute Gasteiger partial charge is 0.369 e. The van der Waals surface area contributed by atoms with Gasteiger partial charge in [-0.05, 0) is 23.8 Å². The Morgan fingerprint density at radius 1 is 1.20 bits per heavy atom. The molecule has 0 amide bonds. The van der Waals surface area contributed by atoms with Gasteiger partial charge in [-0.15, -0.1) is 0 Å². The topological polar surface area (TPSA) is 97.4 Å². The third kappa shape index (κ3) is 3.79. The normalized spacial score (nSPS) is 12.1. The van der Waals surface area contributed by atoms with E-state index in [0.717, 1.165) is 5.56 Å². The molecule has 2 rings (SSSR count). The molecule has 0 aliphatic heterocycles. The zero-order valence-corrected chi connectivity index (χ0v) is 11.4. The van der Waals surface area contributed by atoms with E-state index in [9.17, 15) is 8.42 Å². The Morgan fingerprint density at radius 3 is 2.60 bits per heavy atom. The van der Waals surface area contributed by atoms with Crippen molar-refractivity contribution < 1.29 is 8.42 Å². The summed E-state index contributed by atoms with van der Waals surface area (Å²) in [5.41, 5.74) is 6.43. The molecule has 0 unspecified atom stereocenters. The number of sulfonamides is 1. The monoisotopic (exact) mass is 290 g/mol. The summed E-state index contributed by atoms with van der Waals surface area (Å²) in [7, 11) is -3.69. The molecule has 6 nitrogen and oxygen atoms in total. The van der Waals surface area contributed by atoms with Gasteiger partial charge < -0.3 is 5.73 Å². The number of pyridine rings is 1. The van der Waals surface area contributed by atoms with E-state index in [4.69, 9.17) is 5.73 Å². The van der Waals surface area contributed by atoms with Gasteiger partial charge in [0, 0.05) is 12.4 Å². The molecule has 0 atom stereocenters. The predicted octanol–water partition coefficient (Wildman–Crippen LogP) is 0.875. The van der Waals surface area contributed by atoms with Gasteiger partial charge in [0.2, 0.25) is 5.96 Å². The summed E-state index contributed by atoms with van der Waals surface area (Å²) in [6, 6.07) is 11.6. The van der Waals surface area contributed by atoms with Crippen LogP contribution in [0.25, 0.3) is 0 Å². The van der Waals surface area contributed by atoms with Crippen LogP contribution in [-0.2, 0) is 16.6 Å². The van der Waals surface area contributed by atoms with Gasteiger partial charge in [-0.3, -0.25) is 4.98 Å². The van der Waals surface area contributed by atoms with Gasteiger partial charge in [-0.1, -0.05) is 24.3 Å². The minimum atomic E-state index is -3.69. The van der Waals surface area contributed by atoms with Crippen molar-refractivity contribution in [3.05, 3.63) is 60.4 Å². The van der Waals surface area contributed by atoms with Crippen LogP contribution in [-0.4, -0.2) is 19.4 Å². The molecule has 0 fully saturated rings. The number of nitrogens with one attached hydrogen (secondary N) is 1. The smallest absolute Gasteiger partial charge is 0.264 e. The van der Waals surface area contributed by atoms with Crippen LogP contribution in [0.5, 0.6) is 0 Å². The third-order valence-corrected chi connectivity index (χ3v) is 3.82. The quantitative estimate of drug-likeness (QED) is 0.645. The molecule has 1 aromatic heterocycles. The molecule has 0 bridgehead atoms. The van der Waals surface area contributed by atoms with Crippen LogP contribution in [0, 0.1) is 0 Å². The molecule has 0 saturated heterocycles. The van der Waals surface area contributed by atoms with Crippen molar-refractivity contribution in [2.24, 2.45) is 10.7 Å². The maximum Gasteiger partial charge on any atom is 0.264 e. The highest BCUT2D eigenvalue weighted by molar-refractivity contribution is 7.90. The number of nitrogens with zero attached hydrogens (tertiary/aromatic N) is 2. The molecule has 104 valence electrons. The zero-order valence-electron chi connectivity index (χ0n) is 10.6. The second-order valence-corrected chi connectivity index (χ2v) is 5.66. The number of hydrogen-bond donors (Lipinski definition) is 2. The molecule has 0 radical (unpaired) electrons. The van der Waals surface area contributed by atoms with Crippen molar-refractivity contribution in [2.45, 2.75) is 11.4 Å². The van der Waals surface area contributed by atoms with Gasteiger partial charge in [0.25, 0.3) is 10.0 Å². The molecular formula is C13H14N4O2S. The number of nitrogens with two attached hydrogens (primary N) is 1. The summed E-state index contributed by atoms with van der Waals surface area (Å²) in [6.07, 6.45) is 3.29. The summed E-state index contributed by atoms with van der Waals surface area (Å²) in [5, 5.41) is 0. The van der Waals surface area contributed by atoms with E-state index in [2.05, 4.69) is 14.7 Å². The van der Waals surface area contributed by atoms with Crippen molar-refractivity contribution in [2.75, 3.05) is 0 Å². The van der Waals surface area contributed by atoms with Gasteiger partial charge in [0.15, 0.2) is 0 Å². The third-order valence-electron chi connectivity index (χ3n) is 2.45.